The molecule has 0 spiro atoms. The number of amides is 1. The highest BCUT2D eigenvalue weighted by Gasteiger charge is 2.23. The number of benzene rings is 2. The van der Waals surface area contributed by atoms with E-state index in [4.69, 9.17) is 28.5 Å². The molecule has 0 aliphatic rings. The summed E-state index contributed by atoms with van der Waals surface area (Å²) >= 11 is 12.2. The lowest BCUT2D eigenvalue weighted by Gasteiger charge is -2.21. The Hall–Kier alpha value is -2.06. The molecule has 2 atom stereocenters. The third-order valence-corrected chi connectivity index (χ3v) is 4.77. The maximum atomic E-state index is 12.4. The van der Waals surface area contributed by atoms with Crippen molar-refractivity contribution in [1.82, 2.24) is 0 Å². The van der Waals surface area contributed by atoms with Gasteiger partial charge in [-0.2, -0.15) is 5.26 Å². The van der Waals surface area contributed by atoms with Gasteiger partial charge < -0.3 is 10.2 Å². The van der Waals surface area contributed by atoms with Crippen molar-refractivity contribution in [3.63, 3.8) is 0 Å². The number of halogens is 2. The lowest BCUT2D eigenvalue weighted by molar-refractivity contribution is -0.907. The van der Waals surface area contributed by atoms with Crippen LogP contribution in [0.4, 0.5) is 5.69 Å². The topological polar surface area (TPSA) is 57.3 Å². The molecule has 0 aromatic heterocycles. The number of anilines is 1. The average Bonchev–Trinajstić information content (AvgIpc) is 2.58. The second kappa shape index (κ2) is 8.16. The van der Waals surface area contributed by atoms with Crippen LogP contribution in [0.25, 0.3) is 0 Å². The second-order valence-electron chi connectivity index (χ2n) is 5.64. The van der Waals surface area contributed by atoms with Crippen LogP contribution in [0, 0.1) is 11.3 Å². The number of quaternary nitrogens is 1. The van der Waals surface area contributed by atoms with Crippen LogP contribution in [0.1, 0.15) is 18.1 Å². The molecule has 0 aliphatic carbocycles. The first kappa shape index (κ1) is 18.3. The predicted octanol–water partition coefficient (Wildman–Crippen LogP) is 2.91. The summed E-state index contributed by atoms with van der Waals surface area (Å²) in [6.07, 6.45) is 0. The zero-order valence-corrected chi connectivity index (χ0v) is 14.9. The van der Waals surface area contributed by atoms with Crippen LogP contribution in [0.3, 0.4) is 0 Å². The van der Waals surface area contributed by atoms with Crippen LogP contribution in [0.15, 0.2) is 42.5 Å². The molecule has 0 aliphatic heterocycles. The average molecular weight is 363 g/mol. The van der Waals surface area contributed by atoms with Gasteiger partial charge in [0.25, 0.3) is 5.91 Å². The highest BCUT2D eigenvalue weighted by Crippen LogP contribution is 2.24. The zero-order valence-electron chi connectivity index (χ0n) is 13.4. The van der Waals surface area contributed by atoms with Crippen molar-refractivity contribution in [2.24, 2.45) is 0 Å². The Bertz CT molecular complexity index is 769. The Morgan fingerprint density at radius 2 is 1.92 bits per heavy atom. The van der Waals surface area contributed by atoms with Crippen LogP contribution in [0.2, 0.25) is 10.0 Å². The third kappa shape index (κ3) is 4.48. The quantitative estimate of drug-likeness (QED) is 0.858. The van der Waals surface area contributed by atoms with Crippen LogP contribution < -0.4 is 10.2 Å². The third-order valence-electron chi connectivity index (χ3n) is 3.91. The molecule has 0 radical (unpaired) electrons. The number of likely N-dealkylation sites (N-methyl/N-ethyl adjacent to an activating group) is 1. The summed E-state index contributed by atoms with van der Waals surface area (Å²) in [5.74, 6) is -0.102. The van der Waals surface area contributed by atoms with E-state index in [1.54, 1.807) is 30.3 Å². The van der Waals surface area contributed by atoms with Gasteiger partial charge in [-0.25, -0.2) is 0 Å². The standard InChI is InChI=1S/C18H17Cl2N3O/c1-12(18(24)22-15-8-6-13(10-21)7-9-15)23(2)11-14-4-3-5-16(19)17(14)20/h3-9,12H,11H2,1-2H3,(H,22,24)/p+1/t12-/m0/s1. The second-order valence-corrected chi connectivity index (χ2v) is 6.42. The van der Waals surface area contributed by atoms with Crippen molar-refractivity contribution < 1.29 is 9.69 Å². The summed E-state index contributed by atoms with van der Waals surface area (Å²) in [4.78, 5) is 13.4. The molecule has 24 heavy (non-hydrogen) atoms. The number of hydrogen-bond acceptors (Lipinski definition) is 2. The summed E-state index contributed by atoms with van der Waals surface area (Å²) in [5.41, 5.74) is 2.12. The molecule has 0 fully saturated rings. The first-order chi connectivity index (χ1) is 11.4. The molecule has 1 amide bonds. The van der Waals surface area contributed by atoms with Crippen molar-refractivity contribution in [2.45, 2.75) is 19.5 Å². The molecule has 0 saturated heterocycles. The zero-order chi connectivity index (χ0) is 17.7. The van der Waals surface area contributed by atoms with E-state index in [-0.39, 0.29) is 11.9 Å². The highest BCUT2D eigenvalue weighted by molar-refractivity contribution is 6.42. The fraction of sp³-hybridized carbons (Fsp3) is 0.222. The largest absolute Gasteiger partial charge is 0.324 e. The van der Waals surface area contributed by atoms with Crippen molar-refractivity contribution in [2.75, 3.05) is 12.4 Å². The van der Waals surface area contributed by atoms with E-state index < -0.39 is 0 Å². The van der Waals surface area contributed by atoms with Gasteiger partial charge in [-0.15, -0.1) is 0 Å². The van der Waals surface area contributed by atoms with Crippen LogP contribution in [-0.4, -0.2) is 19.0 Å². The van der Waals surface area contributed by atoms with Gasteiger partial charge in [0.15, 0.2) is 6.04 Å². The van der Waals surface area contributed by atoms with Gasteiger partial charge in [-0.3, -0.25) is 4.79 Å². The Labute approximate surface area is 151 Å². The van der Waals surface area contributed by atoms with Crippen LogP contribution in [0.5, 0.6) is 0 Å². The maximum Gasteiger partial charge on any atom is 0.282 e. The van der Waals surface area contributed by atoms with Gasteiger partial charge in [0.2, 0.25) is 0 Å². The summed E-state index contributed by atoms with van der Waals surface area (Å²) < 4.78 is 0. The number of nitrogens with one attached hydrogen (secondary N) is 2. The lowest BCUT2D eigenvalue weighted by atomic mass is 10.1. The molecular weight excluding hydrogens is 345 g/mol. The van der Waals surface area contributed by atoms with Crippen LogP contribution in [-0.2, 0) is 11.3 Å². The van der Waals surface area contributed by atoms with Crippen molar-refractivity contribution >= 4 is 34.8 Å². The van der Waals surface area contributed by atoms with Crippen molar-refractivity contribution in [1.29, 1.82) is 5.26 Å². The Morgan fingerprint density at radius 1 is 1.25 bits per heavy atom. The van der Waals surface area contributed by atoms with Crippen molar-refractivity contribution in [3.8, 4) is 6.07 Å². The number of carbonyl (C=O) groups excluding carboxylic acids is 1. The molecule has 2 rings (SSSR count). The Morgan fingerprint density at radius 3 is 2.54 bits per heavy atom. The molecule has 0 heterocycles. The smallest absolute Gasteiger partial charge is 0.282 e. The Balaban J connectivity index is 2.01. The van der Waals surface area contributed by atoms with E-state index in [2.05, 4.69) is 5.32 Å². The van der Waals surface area contributed by atoms with Crippen LogP contribution >= 0.6 is 23.2 Å². The summed E-state index contributed by atoms with van der Waals surface area (Å²) in [5, 5.41) is 12.7. The van der Waals surface area contributed by atoms with Gasteiger partial charge >= 0.3 is 0 Å². The van der Waals surface area contributed by atoms with Gasteiger partial charge in [0, 0.05) is 11.3 Å². The molecule has 0 saturated carbocycles. The molecule has 6 heteroatoms. The summed E-state index contributed by atoms with van der Waals surface area (Å²) in [6, 6.07) is 14.0. The van der Waals surface area contributed by atoms with E-state index in [9.17, 15) is 4.79 Å². The van der Waals surface area contributed by atoms with E-state index in [0.29, 0.717) is 27.8 Å². The lowest BCUT2D eigenvalue weighted by Crippen LogP contribution is -3.12. The minimum absolute atomic E-state index is 0.102. The molecule has 4 nitrogen and oxygen atoms in total. The fourth-order valence-corrected chi connectivity index (χ4v) is 2.63. The molecule has 1 unspecified atom stereocenters. The number of nitriles is 1. The molecule has 2 aromatic rings. The highest BCUT2D eigenvalue weighted by atomic mass is 35.5. The van der Waals surface area contributed by atoms with Gasteiger partial charge in [-0.05, 0) is 37.3 Å². The van der Waals surface area contributed by atoms with E-state index in [1.807, 2.05) is 32.2 Å². The minimum atomic E-state index is -0.282. The van der Waals surface area contributed by atoms with E-state index >= 15 is 0 Å². The number of nitrogens with zero attached hydrogens (tertiary/aromatic N) is 1. The fourth-order valence-electron chi connectivity index (χ4n) is 2.24. The van der Waals surface area contributed by atoms with Crippen molar-refractivity contribution in [3.05, 3.63) is 63.6 Å². The monoisotopic (exact) mass is 362 g/mol. The molecule has 0 bridgehead atoms. The maximum absolute atomic E-state index is 12.4. The summed E-state index contributed by atoms with van der Waals surface area (Å²) in [6.45, 7) is 2.44. The SMILES string of the molecule is C[C@@H](C(=O)Nc1ccc(C#N)cc1)[NH+](C)Cc1cccc(Cl)c1Cl. The van der Waals surface area contributed by atoms with E-state index in [1.165, 1.54) is 0 Å². The van der Waals surface area contributed by atoms with Gasteiger partial charge in [-0.1, -0.05) is 35.3 Å². The minimum Gasteiger partial charge on any atom is -0.324 e. The van der Waals surface area contributed by atoms with E-state index in [0.717, 1.165) is 10.5 Å². The number of rotatable bonds is 5. The van der Waals surface area contributed by atoms with Gasteiger partial charge in [0.1, 0.15) is 6.54 Å². The number of hydrogen-bond donors (Lipinski definition) is 2. The first-order valence-electron chi connectivity index (χ1n) is 7.48. The normalized spacial score (nSPS) is 13.0. The van der Waals surface area contributed by atoms with Gasteiger partial charge in [0.05, 0.1) is 28.7 Å². The molecule has 2 N–H and O–H groups in total. The predicted molar refractivity (Wildman–Crippen MR) is 96.3 cm³/mol. The summed E-state index contributed by atoms with van der Waals surface area (Å²) in [7, 11) is 1.93. The first-order valence-corrected chi connectivity index (χ1v) is 8.24. The Kier molecular flexibility index (Phi) is 6.22. The molecule has 124 valence electrons. The molecular formula is C18H18Cl2N3O+. The number of carbonyl (C=O) groups is 1. The molecule has 2 aromatic carbocycles.